The molecule has 6 heteroatoms. The van der Waals surface area contributed by atoms with E-state index in [0.717, 1.165) is 12.8 Å². The fraction of sp³-hybridized carbons (Fsp3) is 0.857. The standard InChI is InChI=1S/C10H16O4.4CH3.2Bi/c1-3-13-9(11)7-5-6-8-10(12)14-4-2;;;;;;/h7-8H,3-6H2,1-2H3;4*1H3;;. The van der Waals surface area contributed by atoms with Gasteiger partial charge in [-0.05, 0) is 0 Å². The molecule has 0 rings (SSSR count). The quantitative estimate of drug-likeness (QED) is 0.278. The van der Waals surface area contributed by atoms with Crippen molar-refractivity contribution in [3.8, 4) is 0 Å². The summed E-state index contributed by atoms with van der Waals surface area (Å²) < 4.78 is 19.5. The van der Waals surface area contributed by atoms with Gasteiger partial charge in [-0.3, -0.25) is 0 Å². The normalized spacial score (nSPS) is 14.2. The number of ether oxygens (including phenoxy) is 2. The Morgan fingerprint density at radius 2 is 1.10 bits per heavy atom. The molecule has 4 nitrogen and oxygen atoms in total. The first kappa shape index (κ1) is 20.7. The molecule has 0 fully saturated rings. The predicted molar refractivity (Wildman–Crippen MR) is 85.0 cm³/mol. The molecule has 0 aromatic rings. The van der Waals surface area contributed by atoms with Gasteiger partial charge in [-0.2, -0.15) is 0 Å². The minimum absolute atomic E-state index is 0.0453. The van der Waals surface area contributed by atoms with Crippen LogP contribution in [0, 0.1) is 0 Å². The molecule has 0 bridgehead atoms. The van der Waals surface area contributed by atoms with E-state index in [-0.39, 0.29) is 19.2 Å². The van der Waals surface area contributed by atoms with Crippen LogP contribution in [0.4, 0.5) is 0 Å². The topological polar surface area (TPSA) is 52.6 Å². The maximum absolute atomic E-state index is 12.0. The summed E-state index contributed by atoms with van der Waals surface area (Å²) in [6, 6.07) is 0. The number of rotatable bonds is 9. The third-order valence-electron chi connectivity index (χ3n) is 3.08. The van der Waals surface area contributed by atoms with Crippen LogP contribution in [0.5, 0.6) is 0 Å². The Balaban J connectivity index is 4.63. The molecule has 0 N–H and O–H groups in total. The van der Waals surface area contributed by atoms with Crippen LogP contribution in [-0.4, -0.2) is 68.7 Å². The summed E-state index contributed by atoms with van der Waals surface area (Å²) in [6.45, 7) is 4.57. The van der Waals surface area contributed by atoms with Crippen molar-refractivity contribution in [3.05, 3.63) is 0 Å². The van der Waals surface area contributed by atoms with Crippen LogP contribution in [0.25, 0.3) is 0 Å². The van der Waals surface area contributed by atoms with Gasteiger partial charge in [-0.25, -0.2) is 0 Å². The van der Waals surface area contributed by atoms with E-state index in [9.17, 15) is 9.59 Å². The molecular formula is C14H28Bi2O4. The van der Waals surface area contributed by atoms with E-state index in [0.29, 0.717) is 13.2 Å². The van der Waals surface area contributed by atoms with E-state index in [2.05, 4.69) is 18.5 Å². The predicted octanol–water partition coefficient (Wildman–Crippen LogP) is 3.14. The number of carbonyl (C=O) groups is 2. The number of carbonyl (C=O) groups excluding carboxylic acids is 2. The summed E-state index contributed by atoms with van der Waals surface area (Å²) >= 11 is -3.49. The van der Waals surface area contributed by atoms with Crippen molar-refractivity contribution in [2.45, 2.75) is 52.5 Å². The van der Waals surface area contributed by atoms with E-state index in [1.54, 1.807) is 0 Å². The Morgan fingerprint density at radius 3 is 1.30 bits per heavy atom. The molecule has 0 saturated carbocycles. The average molecular weight is 678 g/mol. The first-order valence-corrected chi connectivity index (χ1v) is 24.9. The van der Waals surface area contributed by atoms with E-state index < -0.39 is 43.5 Å². The zero-order valence-corrected chi connectivity index (χ0v) is 20.5. The molecule has 0 aromatic heterocycles. The summed E-state index contributed by atoms with van der Waals surface area (Å²) in [7, 11) is 0. The van der Waals surface area contributed by atoms with E-state index in [1.165, 1.54) is 0 Å². The van der Waals surface area contributed by atoms with Crippen molar-refractivity contribution in [3.63, 3.8) is 0 Å². The molecule has 0 aliphatic carbocycles. The van der Waals surface area contributed by atoms with Gasteiger partial charge in [-0.15, -0.1) is 0 Å². The molecule has 0 aliphatic heterocycles. The van der Waals surface area contributed by atoms with Crippen LogP contribution in [0.3, 0.4) is 0 Å². The molecule has 0 aromatic carbocycles. The van der Waals surface area contributed by atoms with Crippen molar-refractivity contribution in [2.24, 2.45) is 0 Å². The Kier molecular flexibility index (Phi) is 11.7. The van der Waals surface area contributed by atoms with Crippen LogP contribution in [0.15, 0.2) is 0 Å². The number of hydrogen-bond donors (Lipinski definition) is 0. The molecule has 0 saturated heterocycles. The molecule has 2 atom stereocenters. The molecule has 2 unspecified atom stereocenters. The van der Waals surface area contributed by atoms with Crippen LogP contribution < -0.4 is 0 Å². The van der Waals surface area contributed by atoms with Crippen molar-refractivity contribution in [1.29, 1.82) is 0 Å². The summed E-state index contributed by atoms with van der Waals surface area (Å²) in [5.41, 5.74) is 0. The van der Waals surface area contributed by atoms with E-state index >= 15 is 0 Å². The zero-order chi connectivity index (χ0) is 15.7. The molecular weight excluding hydrogens is 650 g/mol. The van der Waals surface area contributed by atoms with Gasteiger partial charge in [0.15, 0.2) is 0 Å². The summed E-state index contributed by atoms with van der Waals surface area (Å²) in [5.74, 6) is -0.0906. The van der Waals surface area contributed by atoms with Crippen LogP contribution in [-0.2, 0) is 19.1 Å². The second-order valence-electron chi connectivity index (χ2n) is 5.04. The molecule has 0 heterocycles. The Morgan fingerprint density at radius 1 is 0.800 bits per heavy atom. The van der Waals surface area contributed by atoms with Crippen LogP contribution >= 0.6 is 0 Å². The summed E-state index contributed by atoms with van der Waals surface area (Å²) in [5, 5.41) is 0. The van der Waals surface area contributed by atoms with Gasteiger partial charge in [0, 0.05) is 0 Å². The Hall–Kier alpha value is 0.706. The van der Waals surface area contributed by atoms with Crippen molar-refractivity contribution >= 4 is 55.4 Å². The van der Waals surface area contributed by atoms with Crippen molar-refractivity contribution in [2.75, 3.05) is 13.2 Å². The molecule has 0 spiro atoms. The van der Waals surface area contributed by atoms with Crippen LogP contribution in [0.1, 0.15) is 26.7 Å². The number of hydrogen-bond acceptors (Lipinski definition) is 4. The van der Waals surface area contributed by atoms with E-state index in [4.69, 9.17) is 9.47 Å². The van der Waals surface area contributed by atoms with Crippen molar-refractivity contribution in [1.82, 2.24) is 0 Å². The number of esters is 2. The molecule has 0 amide bonds. The fourth-order valence-electron chi connectivity index (χ4n) is 1.97. The van der Waals surface area contributed by atoms with Gasteiger partial charge in [0.05, 0.1) is 0 Å². The minimum atomic E-state index is -1.75. The Bertz CT molecular complexity index is 276. The van der Waals surface area contributed by atoms with Gasteiger partial charge in [-0.1, -0.05) is 0 Å². The van der Waals surface area contributed by atoms with Gasteiger partial charge >= 0.3 is 140 Å². The second kappa shape index (κ2) is 11.3. The van der Waals surface area contributed by atoms with Gasteiger partial charge in [0.25, 0.3) is 0 Å². The first-order chi connectivity index (χ1) is 9.34. The molecule has 118 valence electrons. The average Bonchev–Trinajstić information content (AvgIpc) is 2.33. The third kappa shape index (κ3) is 7.64. The third-order valence-corrected chi connectivity index (χ3v) is 16.4. The van der Waals surface area contributed by atoms with Gasteiger partial charge in [0.1, 0.15) is 0 Å². The second-order valence-corrected chi connectivity index (χ2v) is 24.9. The SMILES string of the molecule is CCOC(=O)[CH](CC[CH](C(=O)OCC)[Bi]([CH3])[CH3])[Bi]([CH3])[CH3]. The fourth-order valence-corrected chi connectivity index (χ4v) is 11.0. The molecule has 20 heavy (non-hydrogen) atoms. The van der Waals surface area contributed by atoms with Crippen LogP contribution in [0.2, 0.25) is 25.8 Å². The molecule has 0 radical (unpaired) electrons. The Labute approximate surface area is 139 Å². The maximum atomic E-state index is 12.0. The summed E-state index contributed by atoms with van der Waals surface area (Å²) in [4.78, 5) is 24.0. The first-order valence-electron chi connectivity index (χ1n) is 7.01. The van der Waals surface area contributed by atoms with Gasteiger partial charge < -0.3 is 0 Å². The van der Waals surface area contributed by atoms with E-state index in [1.807, 2.05) is 13.8 Å². The van der Waals surface area contributed by atoms with Crippen molar-refractivity contribution < 1.29 is 19.1 Å². The monoisotopic (exact) mass is 678 g/mol. The van der Waals surface area contributed by atoms with Gasteiger partial charge in [0.2, 0.25) is 0 Å². The molecule has 0 aliphatic rings. The zero-order valence-electron chi connectivity index (χ0n) is 13.5. The summed E-state index contributed by atoms with van der Waals surface area (Å²) in [6.07, 6.45) is 1.61.